The van der Waals surface area contributed by atoms with Gasteiger partial charge in [-0.25, -0.2) is 8.78 Å². The summed E-state index contributed by atoms with van der Waals surface area (Å²) in [5.74, 6) is -3.64. The summed E-state index contributed by atoms with van der Waals surface area (Å²) in [6.07, 6.45) is -1.50. The van der Waals surface area contributed by atoms with Gasteiger partial charge >= 0.3 is 12.3 Å². The maximum Gasteiger partial charge on any atom is 0.426 e. The van der Waals surface area contributed by atoms with Gasteiger partial charge in [-0.3, -0.25) is 0 Å². The van der Waals surface area contributed by atoms with Gasteiger partial charge in [0.15, 0.2) is 0 Å². The fraction of sp³-hybridized carbons (Fsp3) is 0.500. The highest BCUT2D eigenvalue weighted by molar-refractivity contribution is 5.33. The number of hydrogen-bond donors (Lipinski definition) is 0. The first kappa shape index (κ1) is 24.4. The molecule has 2 aromatic carbocycles. The summed E-state index contributed by atoms with van der Waals surface area (Å²) < 4.78 is 98.4. The second kappa shape index (κ2) is 9.71. The van der Waals surface area contributed by atoms with Crippen molar-refractivity contribution in [1.29, 1.82) is 0 Å². The van der Waals surface area contributed by atoms with Gasteiger partial charge in [-0.1, -0.05) is 51.2 Å². The van der Waals surface area contributed by atoms with E-state index in [-0.39, 0.29) is 12.1 Å². The van der Waals surface area contributed by atoms with Gasteiger partial charge in [-0.2, -0.15) is 22.0 Å². The van der Waals surface area contributed by atoms with E-state index in [0.29, 0.717) is 5.92 Å². The Morgan fingerprint density at radius 3 is 1.88 bits per heavy atom. The van der Waals surface area contributed by atoms with Crippen LogP contribution in [0.1, 0.15) is 62.1 Å². The van der Waals surface area contributed by atoms with Crippen LogP contribution in [0.15, 0.2) is 36.4 Å². The second-order valence-corrected chi connectivity index (χ2v) is 8.41. The lowest BCUT2D eigenvalue weighted by molar-refractivity contribution is -0.185. The molecule has 0 spiro atoms. The molecule has 0 radical (unpaired) electrons. The average molecular weight is 462 g/mol. The molecule has 3 rings (SSSR count). The van der Waals surface area contributed by atoms with E-state index >= 15 is 0 Å². The fourth-order valence-corrected chi connectivity index (χ4v) is 4.25. The topological polar surface area (TPSA) is 9.23 Å². The van der Waals surface area contributed by atoms with Crippen LogP contribution in [-0.4, -0.2) is 0 Å². The van der Waals surface area contributed by atoms with E-state index < -0.39 is 40.8 Å². The molecule has 1 saturated carbocycles. The van der Waals surface area contributed by atoms with Gasteiger partial charge in [0, 0.05) is 12.1 Å². The highest BCUT2D eigenvalue weighted by Crippen LogP contribution is 2.38. The molecule has 0 aromatic heterocycles. The first-order valence-corrected chi connectivity index (χ1v) is 10.7. The van der Waals surface area contributed by atoms with Gasteiger partial charge in [0.2, 0.25) is 0 Å². The van der Waals surface area contributed by atoms with Crippen molar-refractivity contribution >= 4 is 0 Å². The molecule has 8 heteroatoms. The molecule has 0 atom stereocenters. The van der Waals surface area contributed by atoms with Gasteiger partial charge in [0.1, 0.15) is 22.9 Å². The first-order chi connectivity index (χ1) is 15.0. The molecule has 1 nitrogen and oxygen atoms in total. The van der Waals surface area contributed by atoms with Gasteiger partial charge in [0.05, 0.1) is 5.56 Å². The minimum Gasteiger partial charge on any atom is -0.429 e. The molecule has 0 amide bonds. The third kappa shape index (κ3) is 5.95. The van der Waals surface area contributed by atoms with Crippen LogP contribution in [0.2, 0.25) is 0 Å². The van der Waals surface area contributed by atoms with E-state index in [9.17, 15) is 30.7 Å². The number of alkyl halides is 5. The summed E-state index contributed by atoms with van der Waals surface area (Å²) in [6.45, 7) is 2.20. The average Bonchev–Trinajstić information content (AvgIpc) is 2.71. The molecule has 1 aliphatic rings. The maximum atomic E-state index is 14.4. The molecule has 0 aliphatic heterocycles. The lowest BCUT2D eigenvalue weighted by Gasteiger charge is -2.27. The molecule has 0 heterocycles. The van der Waals surface area contributed by atoms with E-state index in [0.717, 1.165) is 36.5 Å². The fourth-order valence-electron chi connectivity index (χ4n) is 4.25. The largest absolute Gasteiger partial charge is 0.429 e. The SMILES string of the molecule is CCC1CCC(CCc2ccc(C(F)(F)Oc3cc(F)c(C(F)(F)F)c(F)c3)cc2)CC1. The standard InChI is InChI=1S/C24H25F7O/c1-2-15-3-5-16(6-4-15)7-8-17-9-11-18(12-10-17)24(30,31)32-19-13-20(25)22(21(26)14-19)23(27,28)29/h9-16H,2-8H2,1H3. The molecule has 1 aliphatic carbocycles. The Morgan fingerprint density at radius 1 is 0.844 bits per heavy atom. The van der Waals surface area contributed by atoms with Crippen molar-refractivity contribution in [3.05, 3.63) is 64.7 Å². The zero-order chi connectivity index (χ0) is 23.5. The van der Waals surface area contributed by atoms with Crippen LogP contribution in [0.3, 0.4) is 0 Å². The molecule has 0 unspecified atom stereocenters. The summed E-state index contributed by atoms with van der Waals surface area (Å²) in [6, 6.07) is 5.58. The predicted octanol–water partition coefficient (Wildman–Crippen LogP) is 8.26. The van der Waals surface area contributed by atoms with E-state index in [1.165, 1.54) is 44.2 Å². The Bertz CT molecular complexity index is 875. The minimum atomic E-state index is -5.29. The van der Waals surface area contributed by atoms with Crippen LogP contribution in [0.5, 0.6) is 5.75 Å². The van der Waals surface area contributed by atoms with Crippen molar-refractivity contribution in [3.8, 4) is 5.75 Å². The van der Waals surface area contributed by atoms with Crippen molar-refractivity contribution in [2.24, 2.45) is 11.8 Å². The Labute approximate surface area is 182 Å². The van der Waals surface area contributed by atoms with Crippen LogP contribution in [-0.2, 0) is 18.7 Å². The second-order valence-electron chi connectivity index (χ2n) is 8.41. The molecule has 32 heavy (non-hydrogen) atoms. The molecule has 0 saturated heterocycles. The van der Waals surface area contributed by atoms with Gasteiger partial charge in [0.25, 0.3) is 0 Å². The zero-order valence-corrected chi connectivity index (χ0v) is 17.6. The minimum absolute atomic E-state index is 0.0987. The first-order valence-electron chi connectivity index (χ1n) is 10.7. The lowest BCUT2D eigenvalue weighted by Crippen LogP contribution is -2.22. The highest BCUT2D eigenvalue weighted by Gasteiger charge is 2.40. The van der Waals surface area contributed by atoms with Crippen LogP contribution in [0.4, 0.5) is 30.7 Å². The molecule has 0 N–H and O–H groups in total. The summed E-state index contributed by atoms with van der Waals surface area (Å²) in [5, 5.41) is 0. The van der Waals surface area contributed by atoms with Gasteiger partial charge in [-0.15, -0.1) is 0 Å². The monoisotopic (exact) mass is 462 g/mol. The van der Waals surface area contributed by atoms with Crippen molar-refractivity contribution in [2.45, 2.75) is 64.2 Å². The normalized spacial score (nSPS) is 19.8. The number of aryl methyl sites for hydroxylation is 1. The lowest BCUT2D eigenvalue weighted by atomic mass is 9.78. The van der Waals surface area contributed by atoms with E-state index in [1.54, 1.807) is 0 Å². The smallest absolute Gasteiger partial charge is 0.426 e. The van der Waals surface area contributed by atoms with Crippen molar-refractivity contribution < 1.29 is 35.5 Å². The quantitative estimate of drug-likeness (QED) is 0.376. The summed E-state index contributed by atoms with van der Waals surface area (Å²) in [4.78, 5) is 0. The van der Waals surface area contributed by atoms with E-state index in [1.807, 2.05) is 0 Å². The Morgan fingerprint density at radius 2 is 1.38 bits per heavy atom. The van der Waals surface area contributed by atoms with Crippen LogP contribution < -0.4 is 4.74 Å². The van der Waals surface area contributed by atoms with Gasteiger partial charge < -0.3 is 4.74 Å². The van der Waals surface area contributed by atoms with Crippen LogP contribution in [0, 0.1) is 23.5 Å². The predicted molar refractivity (Wildman–Crippen MR) is 106 cm³/mol. The summed E-state index contributed by atoms with van der Waals surface area (Å²) in [5.41, 5.74) is -1.83. The van der Waals surface area contributed by atoms with Crippen molar-refractivity contribution in [3.63, 3.8) is 0 Å². The summed E-state index contributed by atoms with van der Waals surface area (Å²) >= 11 is 0. The molecule has 176 valence electrons. The molecule has 2 aromatic rings. The Kier molecular flexibility index (Phi) is 7.40. The maximum absolute atomic E-state index is 14.4. The van der Waals surface area contributed by atoms with E-state index in [2.05, 4.69) is 11.7 Å². The molecule has 1 fully saturated rings. The third-order valence-corrected chi connectivity index (χ3v) is 6.22. The molecular formula is C24H25F7O. The highest BCUT2D eigenvalue weighted by atomic mass is 19.4. The number of rotatable bonds is 7. The molecular weight excluding hydrogens is 437 g/mol. The van der Waals surface area contributed by atoms with E-state index in [4.69, 9.17) is 0 Å². The number of hydrogen-bond acceptors (Lipinski definition) is 1. The number of ether oxygens (including phenoxy) is 1. The number of halogens is 7. The van der Waals surface area contributed by atoms with Gasteiger partial charge in [-0.05, 0) is 42.4 Å². The zero-order valence-electron chi connectivity index (χ0n) is 17.6. The number of benzene rings is 2. The van der Waals surface area contributed by atoms with Crippen molar-refractivity contribution in [2.75, 3.05) is 0 Å². The Balaban J connectivity index is 1.62. The summed E-state index contributed by atoms with van der Waals surface area (Å²) in [7, 11) is 0. The van der Waals surface area contributed by atoms with Crippen LogP contribution in [0.25, 0.3) is 0 Å². The third-order valence-electron chi connectivity index (χ3n) is 6.22. The van der Waals surface area contributed by atoms with Crippen molar-refractivity contribution in [1.82, 2.24) is 0 Å². The van der Waals surface area contributed by atoms with Crippen LogP contribution >= 0.6 is 0 Å². The molecule has 0 bridgehead atoms. The Hall–Kier alpha value is -2.25.